The van der Waals surface area contributed by atoms with E-state index in [4.69, 9.17) is 4.74 Å². The van der Waals surface area contributed by atoms with Crippen LogP contribution in [-0.4, -0.2) is 24.4 Å². The Morgan fingerprint density at radius 3 is 2.78 bits per heavy atom. The molecule has 0 fully saturated rings. The van der Waals surface area contributed by atoms with Gasteiger partial charge in [0.1, 0.15) is 12.4 Å². The fourth-order valence-electron chi connectivity index (χ4n) is 1.76. The standard InChI is InChI=1S/C15H25NO2/c1-4-9-16-10-13-8-6-7-12(3)15(13)18-11-14(17)5-2/h6-8,14,16-17H,4-5,9-11H2,1-3H3. The SMILES string of the molecule is CCCNCc1cccc(C)c1OCC(O)CC. The molecule has 1 aromatic carbocycles. The van der Waals surface area contributed by atoms with Crippen molar-refractivity contribution in [3.05, 3.63) is 29.3 Å². The molecule has 0 aliphatic carbocycles. The molecule has 0 aliphatic rings. The van der Waals surface area contributed by atoms with Crippen molar-refractivity contribution in [1.82, 2.24) is 5.32 Å². The van der Waals surface area contributed by atoms with Gasteiger partial charge >= 0.3 is 0 Å². The highest BCUT2D eigenvalue weighted by molar-refractivity contribution is 5.40. The number of rotatable bonds is 8. The normalized spacial score (nSPS) is 12.4. The van der Waals surface area contributed by atoms with Gasteiger partial charge in [0.05, 0.1) is 6.10 Å². The minimum atomic E-state index is -0.388. The van der Waals surface area contributed by atoms with Crippen molar-refractivity contribution in [3.8, 4) is 5.75 Å². The first-order valence-corrected chi connectivity index (χ1v) is 6.79. The summed E-state index contributed by atoms with van der Waals surface area (Å²) >= 11 is 0. The van der Waals surface area contributed by atoms with E-state index in [1.165, 1.54) is 0 Å². The summed E-state index contributed by atoms with van der Waals surface area (Å²) in [5.74, 6) is 0.911. The number of aryl methyl sites for hydroxylation is 1. The third kappa shape index (κ3) is 4.67. The van der Waals surface area contributed by atoms with E-state index in [1.807, 2.05) is 26.0 Å². The molecule has 18 heavy (non-hydrogen) atoms. The predicted molar refractivity (Wildman–Crippen MR) is 75.0 cm³/mol. The highest BCUT2D eigenvalue weighted by atomic mass is 16.5. The molecule has 0 saturated carbocycles. The number of hydrogen-bond acceptors (Lipinski definition) is 3. The topological polar surface area (TPSA) is 41.5 Å². The summed E-state index contributed by atoms with van der Waals surface area (Å²) in [6, 6.07) is 6.15. The predicted octanol–water partition coefficient (Wildman–Crippen LogP) is 2.64. The molecule has 2 N–H and O–H groups in total. The van der Waals surface area contributed by atoms with Gasteiger partial charge < -0.3 is 15.2 Å². The zero-order valence-corrected chi connectivity index (χ0v) is 11.7. The molecule has 0 spiro atoms. The van der Waals surface area contributed by atoms with Crippen molar-refractivity contribution in [2.75, 3.05) is 13.2 Å². The van der Waals surface area contributed by atoms with Crippen LogP contribution in [0, 0.1) is 6.92 Å². The second-order valence-electron chi connectivity index (χ2n) is 4.61. The van der Waals surface area contributed by atoms with Gasteiger partial charge in [0, 0.05) is 12.1 Å². The van der Waals surface area contributed by atoms with Crippen molar-refractivity contribution < 1.29 is 9.84 Å². The quantitative estimate of drug-likeness (QED) is 0.698. The van der Waals surface area contributed by atoms with Gasteiger partial charge in [-0.2, -0.15) is 0 Å². The Balaban J connectivity index is 2.67. The van der Waals surface area contributed by atoms with Crippen LogP contribution in [0.3, 0.4) is 0 Å². The van der Waals surface area contributed by atoms with Crippen molar-refractivity contribution in [1.29, 1.82) is 0 Å². The summed E-state index contributed by atoms with van der Waals surface area (Å²) in [7, 11) is 0. The number of benzene rings is 1. The molecule has 1 unspecified atom stereocenters. The Hall–Kier alpha value is -1.06. The summed E-state index contributed by atoms with van der Waals surface area (Å²) in [4.78, 5) is 0. The fraction of sp³-hybridized carbons (Fsp3) is 0.600. The molecule has 3 nitrogen and oxygen atoms in total. The summed E-state index contributed by atoms with van der Waals surface area (Å²) in [5, 5.41) is 13.0. The summed E-state index contributed by atoms with van der Waals surface area (Å²) in [6.07, 6.45) is 1.45. The smallest absolute Gasteiger partial charge is 0.126 e. The van der Waals surface area contributed by atoms with Crippen molar-refractivity contribution >= 4 is 0 Å². The second-order valence-corrected chi connectivity index (χ2v) is 4.61. The van der Waals surface area contributed by atoms with Crippen LogP contribution in [0.2, 0.25) is 0 Å². The van der Waals surface area contributed by atoms with Gasteiger partial charge in [0.25, 0.3) is 0 Å². The number of hydrogen-bond donors (Lipinski definition) is 2. The Morgan fingerprint density at radius 2 is 2.11 bits per heavy atom. The van der Waals surface area contributed by atoms with E-state index in [0.29, 0.717) is 6.61 Å². The maximum Gasteiger partial charge on any atom is 0.126 e. The molecule has 0 aromatic heterocycles. The first-order valence-electron chi connectivity index (χ1n) is 6.79. The van der Waals surface area contributed by atoms with Gasteiger partial charge in [-0.05, 0) is 31.9 Å². The number of ether oxygens (including phenoxy) is 1. The number of aliphatic hydroxyl groups is 1. The molecule has 0 heterocycles. The lowest BCUT2D eigenvalue weighted by atomic mass is 10.1. The molecule has 0 radical (unpaired) electrons. The average molecular weight is 251 g/mol. The van der Waals surface area contributed by atoms with Crippen LogP contribution in [0.5, 0.6) is 5.75 Å². The third-order valence-electron chi connectivity index (χ3n) is 2.93. The highest BCUT2D eigenvalue weighted by Crippen LogP contribution is 2.23. The first-order chi connectivity index (χ1) is 8.69. The lowest BCUT2D eigenvalue weighted by Crippen LogP contribution is -2.19. The fourth-order valence-corrected chi connectivity index (χ4v) is 1.76. The molecule has 0 bridgehead atoms. The Kier molecular flexibility index (Phi) is 6.76. The lowest BCUT2D eigenvalue weighted by Gasteiger charge is -2.16. The van der Waals surface area contributed by atoms with Crippen LogP contribution in [0.4, 0.5) is 0 Å². The van der Waals surface area contributed by atoms with Gasteiger partial charge in [-0.3, -0.25) is 0 Å². The highest BCUT2D eigenvalue weighted by Gasteiger charge is 2.09. The van der Waals surface area contributed by atoms with E-state index in [2.05, 4.69) is 18.3 Å². The molecule has 0 amide bonds. The van der Waals surface area contributed by atoms with Crippen molar-refractivity contribution in [2.24, 2.45) is 0 Å². The van der Waals surface area contributed by atoms with Crippen LogP contribution in [0.15, 0.2) is 18.2 Å². The third-order valence-corrected chi connectivity index (χ3v) is 2.93. The second kappa shape index (κ2) is 8.11. The van der Waals surface area contributed by atoms with Crippen molar-refractivity contribution in [2.45, 2.75) is 46.3 Å². The van der Waals surface area contributed by atoms with Gasteiger partial charge in [-0.15, -0.1) is 0 Å². The van der Waals surface area contributed by atoms with Crippen molar-refractivity contribution in [3.63, 3.8) is 0 Å². The van der Waals surface area contributed by atoms with Crippen LogP contribution in [0.1, 0.15) is 37.8 Å². The molecular formula is C15H25NO2. The largest absolute Gasteiger partial charge is 0.490 e. The van der Waals surface area contributed by atoms with Crippen LogP contribution in [-0.2, 0) is 6.54 Å². The Bertz CT molecular complexity index is 352. The molecule has 0 aliphatic heterocycles. The number of nitrogens with one attached hydrogen (secondary N) is 1. The first kappa shape index (κ1) is 15.0. The molecule has 102 valence electrons. The van der Waals surface area contributed by atoms with E-state index in [0.717, 1.165) is 42.8 Å². The number of aliphatic hydroxyl groups excluding tert-OH is 1. The van der Waals surface area contributed by atoms with E-state index in [-0.39, 0.29) is 6.10 Å². The number of para-hydroxylation sites is 1. The van der Waals surface area contributed by atoms with Crippen LogP contribution < -0.4 is 10.1 Å². The Morgan fingerprint density at radius 1 is 1.33 bits per heavy atom. The summed E-state index contributed by atoms with van der Waals surface area (Å²) in [6.45, 7) is 8.32. The van der Waals surface area contributed by atoms with Crippen LogP contribution >= 0.6 is 0 Å². The molecular weight excluding hydrogens is 226 g/mol. The monoisotopic (exact) mass is 251 g/mol. The lowest BCUT2D eigenvalue weighted by molar-refractivity contribution is 0.103. The summed E-state index contributed by atoms with van der Waals surface area (Å²) < 4.78 is 5.76. The zero-order valence-electron chi connectivity index (χ0n) is 11.7. The van der Waals surface area contributed by atoms with Gasteiger partial charge in [0.2, 0.25) is 0 Å². The average Bonchev–Trinajstić information content (AvgIpc) is 2.38. The van der Waals surface area contributed by atoms with Gasteiger partial charge in [-0.1, -0.05) is 32.0 Å². The summed E-state index contributed by atoms with van der Waals surface area (Å²) in [5.41, 5.74) is 2.28. The molecule has 1 atom stereocenters. The molecule has 3 heteroatoms. The van der Waals surface area contributed by atoms with Crippen LogP contribution in [0.25, 0.3) is 0 Å². The maximum absolute atomic E-state index is 9.57. The molecule has 0 saturated heterocycles. The van der Waals surface area contributed by atoms with E-state index < -0.39 is 0 Å². The van der Waals surface area contributed by atoms with Gasteiger partial charge in [0.15, 0.2) is 0 Å². The molecule has 1 rings (SSSR count). The van der Waals surface area contributed by atoms with E-state index >= 15 is 0 Å². The maximum atomic E-state index is 9.57. The Labute approximate surface area is 110 Å². The van der Waals surface area contributed by atoms with E-state index in [1.54, 1.807) is 0 Å². The zero-order chi connectivity index (χ0) is 13.4. The minimum absolute atomic E-state index is 0.363. The van der Waals surface area contributed by atoms with Gasteiger partial charge in [-0.25, -0.2) is 0 Å². The minimum Gasteiger partial charge on any atom is -0.490 e. The van der Waals surface area contributed by atoms with E-state index in [9.17, 15) is 5.11 Å². The molecule has 1 aromatic rings.